The number of hydrogen-bond donors (Lipinski definition) is 1. The lowest BCUT2D eigenvalue weighted by Crippen LogP contribution is -2.05. The summed E-state index contributed by atoms with van der Waals surface area (Å²) in [7, 11) is 0. The Balaban J connectivity index is 2.92. The van der Waals surface area contributed by atoms with Crippen molar-refractivity contribution in [2.24, 2.45) is 0 Å². The molecule has 20 heavy (non-hydrogen) atoms. The molecule has 1 aromatic heterocycles. The molecule has 2 rings (SSSR count). The van der Waals surface area contributed by atoms with Crippen LogP contribution < -0.4 is 0 Å². The Morgan fingerprint density at radius 2 is 1.95 bits per heavy atom. The Bertz CT molecular complexity index is 785. The molecule has 3 nitrogen and oxygen atoms in total. The first-order valence-corrected chi connectivity index (χ1v) is 7.09. The minimum atomic E-state index is -0.0943. The predicted octanol–water partition coefficient (Wildman–Crippen LogP) is 4.56. The monoisotopic (exact) mass is 346 g/mol. The summed E-state index contributed by atoms with van der Waals surface area (Å²) in [6.45, 7) is 3.28. The number of aryl methyl sites for hydroxylation is 1. The fourth-order valence-corrected chi connectivity index (χ4v) is 2.74. The van der Waals surface area contributed by atoms with Gasteiger partial charge in [-0.25, -0.2) is 0 Å². The quantitative estimate of drug-likeness (QED) is 0.640. The summed E-state index contributed by atoms with van der Waals surface area (Å²) >= 11 is 8.57. The van der Waals surface area contributed by atoms with Gasteiger partial charge in [-0.05, 0) is 31.5 Å². The smallest absolute Gasteiger partial charge is 0.162 e. The second kappa shape index (κ2) is 5.70. The molecular formula is C15H11BrN2OS. The van der Waals surface area contributed by atoms with Crippen LogP contribution in [-0.2, 0) is 0 Å². The van der Waals surface area contributed by atoms with Crippen molar-refractivity contribution in [3.05, 3.63) is 50.2 Å². The van der Waals surface area contributed by atoms with Crippen molar-refractivity contribution in [2.45, 2.75) is 13.8 Å². The van der Waals surface area contributed by atoms with Crippen molar-refractivity contribution < 1.29 is 4.79 Å². The van der Waals surface area contributed by atoms with Gasteiger partial charge in [-0.1, -0.05) is 40.3 Å². The van der Waals surface area contributed by atoms with Crippen LogP contribution in [0.1, 0.15) is 28.5 Å². The van der Waals surface area contributed by atoms with E-state index in [1.54, 1.807) is 6.92 Å². The lowest BCUT2D eigenvalue weighted by Gasteiger charge is -2.13. The molecule has 1 aromatic carbocycles. The third-order valence-corrected chi connectivity index (χ3v) is 3.83. The van der Waals surface area contributed by atoms with Crippen LogP contribution >= 0.6 is 28.1 Å². The molecule has 0 spiro atoms. The van der Waals surface area contributed by atoms with Gasteiger partial charge in [-0.15, -0.1) is 0 Å². The summed E-state index contributed by atoms with van der Waals surface area (Å²) in [5.41, 5.74) is 2.93. The van der Waals surface area contributed by atoms with Gasteiger partial charge in [0.05, 0.1) is 5.56 Å². The third kappa shape index (κ3) is 2.58. The average Bonchev–Trinajstić information content (AvgIpc) is 2.38. The molecule has 5 heteroatoms. The molecule has 0 saturated carbocycles. The molecule has 1 heterocycles. The van der Waals surface area contributed by atoms with Gasteiger partial charge < -0.3 is 4.98 Å². The topological polar surface area (TPSA) is 56.6 Å². The number of H-pyrrole nitrogens is 1. The normalized spacial score (nSPS) is 10.1. The largest absolute Gasteiger partial charge is 0.349 e. The Hall–Kier alpha value is -1.77. The van der Waals surface area contributed by atoms with E-state index < -0.39 is 0 Å². The van der Waals surface area contributed by atoms with Crippen molar-refractivity contribution in [2.75, 3.05) is 0 Å². The van der Waals surface area contributed by atoms with E-state index in [2.05, 4.69) is 27.0 Å². The molecule has 0 amide bonds. The summed E-state index contributed by atoms with van der Waals surface area (Å²) in [6.07, 6.45) is 0. The molecule has 0 unspecified atom stereocenters. The van der Waals surface area contributed by atoms with Gasteiger partial charge in [0.15, 0.2) is 5.78 Å². The van der Waals surface area contributed by atoms with Gasteiger partial charge in [-0.3, -0.25) is 4.79 Å². The van der Waals surface area contributed by atoms with Gasteiger partial charge >= 0.3 is 0 Å². The van der Waals surface area contributed by atoms with Crippen LogP contribution in [0.3, 0.4) is 0 Å². The number of aromatic nitrogens is 1. The number of benzene rings is 1. The molecular weight excluding hydrogens is 336 g/mol. The lowest BCUT2D eigenvalue weighted by atomic mass is 9.93. The van der Waals surface area contributed by atoms with Crippen molar-refractivity contribution in [3.8, 4) is 17.2 Å². The summed E-state index contributed by atoms with van der Waals surface area (Å²) in [6, 6.07) is 9.57. The number of nitriles is 1. The first-order chi connectivity index (χ1) is 9.45. The molecule has 0 radical (unpaired) electrons. The summed E-state index contributed by atoms with van der Waals surface area (Å²) < 4.78 is 1.29. The second-order valence-corrected chi connectivity index (χ2v) is 5.70. The minimum absolute atomic E-state index is 0.0943. The number of hydrogen-bond acceptors (Lipinski definition) is 3. The molecule has 0 atom stereocenters. The summed E-state index contributed by atoms with van der Waals surface area (Å²) in [5, 5.41) is 9.36. The van der Waals surface area contributed by atoms with E-state index in [1.165, 1.54) is 6.92 Å². The van der Waals surface area contributed by atoms with Gasteiger partial charge in [-0.2, -0.15) is 5.26 Å². The zero-order valence-corrected chi connectivity index (χ0v) is 13.4. The van der Waals surface area contributed by atoms with Crippen molar-refractivity contribution in [3.63, 3.8) is 0 Å². The SMILES string of the molecule is CC(=O)c1c(C)[nH]c(=S)c(C#N)c1-c1ccc(Br)cc1. The maximum Gasteiger partial charge on any atom is 0.162 e. The molecule has 0 saturated heterocycles. The molecule has 0 bridgehead atoms. The summed E-state index contributed by atoms with van der Waals surface area (Å²) in [5.74, 6) is -0.0943. The number of nitrogens with one attached hydrogen (secondary N) is 1. The Labute approximate surface area is 130 Å². The molecule has 0 aliphatic rings. The highest BCUT2D eigenvalue weighted by Crippen LogP contribution is 2.30. The number of pyridine rings is 1. The number of halogens is 1. The van der Waals surface area contributed by atoms with E-state index >= 15 is 0 Å². The Kier molecular flexibility index (Phi) is 4.17. The van der Waals surface area contributed by atoms with Gasteiger partial charge in [0.1, 0.15) is 10.7 Å². The van der Waals surface area contributed by atoms with Crippen LogP contribution in [0, 0.1) is 22.9 Å². The number of rotatable bonds is 2. The average molecular weight is 347 g/mol. The molecule has 0 aliphatic carbocycles. The van der Waals surface area contributed by atoms with Crippen LogP contribution in [0.4, 0.5) is 0 Å². The van der Waals surface area contributed by atoms with Crippen molar-refractivity contribution >= 4 is 33.9 Å². The molecule has 100 valence electrons. The van der Waals surface area contributed by atoms with E-state index in [4.69, 9.17) is 12.2 Å². The van der Waals surface area contributed by atoms with Crippen LogP contribution in [0.25, 0.3) is 11.1 Å². The molecule has 2 aromatic rings. The van der Waals surface area contributed by atoms with Crippen LogP contribution in [-0.4, -0.2) is 10.8 Å². The number of carbonyl (C=O) groups excluding carboxylic acids is 1. The van der Waals surface area contributed by atoms with Crippen LogP contribution in [0.2, 0.25) is 0 Å². The Morgan fingerprint density at radius 3 is 2.45 bits per heavy atom. The zero-order valence-electron chi connectivity index (χ0n) is 11.0. The number of ketones is 1. The second-order valence-electron chi connectivity index (χ2n) is 4.38. The van der Waals surface area contributed by atoms with Crippen molar-refractivity contribution in [1.82, 2.24) is 4.98 Å². The number of aromatic amines is 1. The first-order valence-electron chi connectivity index (χ1n) is 5.89. The van der Waals surface area contributed by atoms with Crippen LogP contribution in [0.5, 0.6) is 0 Å². The molecule has 0 aliphatic heterocycles. The Morgan fingerprint density at radius 1 is 1.35 bits per heavy atom. The van der Waals surface area contributed by atoms with Gasteiger partial charge in [0.2, 0.25) is 0 Å². The van der Waals surface area contributed by atoms with Gasteiger partial charge in [0.25, 0.3) is 0 Å². The highest BCUT2D eigenvalue weighted by atomic mass is 79.9. The van der Waals surface area contributed by atoms with Crippen molar-refractivity contribution in [1.29, 1.82) is 5.26 Å². The predicted molar refractivity (Wildman–Crippen MR) is 84.2 cm³/mol. The molecule has 1 N–H and O–H groups in total. The van der Waals surface area contributed by atoms with Gasteiger partial charge in [0, 0.05) is 21.3 Å². The zero-order chi connectivity index (χ0) is 14.9. The molecule has 0 fully saturated rings. The van der Waals surface area contributed by atoms with Crippen LogP contribution in [0.15, 0.2) is 28.7 Å². The maximum atomic E-state index is 11.9. The highest BCUT2D eigenvalue weighted by Gasteiger charge is 2.18. The van der Waals surface area contributed by atoms with E-state index in [0.717, 1.165) is 10.0 Å². The first kappa shape index (κ1) is 14.6. The number of nitrogens with zero attached hydrogens (tertiary/aromatic N) is 1. The highest BCUT2D eigenvalue weighted by molar-refractivity contribution is 9.10. The van der Waals surface area contributed by atoms with E-state index in [0.29, 0.717) is 27.0 Å². The number of Topliss-reactive ketones (excluding diaryl/α,β-unsaturated/α-hetero) is 1. The lowest BCUT2D eigenvalue weighted by molar-refractivity contribution is 0.101. The van der Waals surface area contributed by atoms with E-state index in [9.17, 15) is 10.1 Å². The fraction of sp³-hybridized carbons (Fsp3) is 0.133. The standard InChI is InChI=1S/C15H11BrN2OS/c1-8-13(9(2)19)14(12(7-17)15(20)18-8)10-3-5-11(16)6-4-10/h3-6H,1-2H3,(H,18,20). The third-order valence-electron chi connectivity index (χ3n) is 3.00. The summed E-state index contributed by atoms with van der Waals surface area (Å²) in [4.78, 5) is 14.9. The minimum Gasteiger partial charge on any atom is -0.349 e. The fourth-order valence-electron chi connectivity index (χ4n) is 2.17. The van der Waals surface area contributed by atoms with E-state index in [1.807, 2.05) is 24.3 Å². The maximum absolute atomic E-state index is 11.9. The number of carbonyl (C=O) groups is 1. The van der Waals surface area contributed by atoms with E-state index in [-0.39, 0.29) is 5.78 Å².